The van der Waals surface area contributed by atoms with E-state index in [-0.39, 0.29) is 5.69 Å². The second-order valence-corrected chi connectivity index (χ2v) is 6.90. The fourth-order valence-electron chi connectivity index (χ4n) is 2.47. The predicted molar refractivity (Wildman–Crippen MR) is 98.7 cm³/mol. The van der Waals surface area contributed by atoms with Gasteiger partial charge in [0.15, 0.2) is 3.61 Å². The Labute approximate surface area is 147 Å². The summed E-state index contributed by atoms with van der Waals surface area (Å²) in [7, 11) is 0. The second-order valence-electron chi connectivity index (χ2n) is 5.16. The van der Waals surface area contributed by atoms with Crippen molar-refractivity contribution in [3.63, 3.8) is 0 Å². The molecule has 0 aromatic heterocycles. The van der Waals surface area contributed by atoms with E-state index in [1.807, 2.05) is 24.3 Å². The Kier molecular flexibility index (Phi) is 4.47. The molecule has 1 unspecified atom stereocenters. The van der Waals surface area contributed by atoms with Crippen LogP contribution in [0.5, 0.6) is 5.75 Å². The highest BCUT2D eigenvalue weighted by Gasteiger charge is 2.34. The summed E-state index contributed by atoms with van der Waals surface area (Å²) in [6, 6.07) is 16.3. The summed E-state index contributed by atoms with van der Waals surface area (Å²) in [5, 5.41) is 10.7. The molecule has 1 aliphatic rings. The van der Waals surface area contributed by atoms with Gasteiger partial charge in [-0.25, -0.2) is 0 Å². The molecule has 0 spiro atoms. The van der Waals surface area contributed by atoms with Crippen LogP contribution in [0.1, 0.15) is 12.0 Å². The highest BCUT2D eigenvalue weighted by Crippen LogP contribution is 2.42. The molecular weight excluding hydrogens is 405 g/mol. The SMILES string of the molecule is O=[N+]([O-])c1ccc(OC2(I)CC=CC=C2c2ccccc2)cc1. The Morgan fingerprint density at radius 2 is 1.78 bits per heavy atom. The number of benzene rings is 2. The molecule has 0 aliphatic heterocycles. The monoisotopic (exact) mass is 419 g/mol. The van der Waals surface area contributed by atoms with Gasteiger partial charge in [-0.15, -0.1) is 0 Å². The van der Waals surface area contributed by atoms with E-state index in [0.29, 0.717) is 5.75 Å². The molecule has 4 nitrogen and oxygen atoms in total. The normalized spacial score (nSPS) is 20.0. The minimum absolute atomic E-state index is 0.0576. The third-order valence-electron chi connectivity index (χ3n) is 3.59. The third-order valence-corrected chi connectivity index (χ3v) is 4.84. The maximum Gasteiger partial charge on any atom is 0.269 e. The van der Waals surface area contributed by atoms with Crippen LogP contribution in [0.4, 0.5) is 5.69 Å². The Morgan fingerprint density at radius 3 is 2.43 bits per heavy atom. The number of nitro benzene ring substituents is 1. The largest absolute Gasteiger partial charge is 0.472 e. The van der Waals surface area contributed by atoms with E-state index in [9.17, 15) is 10.1 Å². The smallest absolute Gasteiger partial charge is 0.269 e. The number of rotatable bonds is 4. The quantitative estimate of drug-likeness (QED) is 0.298. The first-order valence-corrected chi connectivity index (χ1v) is 8.21. The lowest BCUT2D eigenvalue weighted by molar-refractivity contribution is -0.384. The number of allylic oxidation sites excluding steroid dienone is 2. The maximum atomic E-state index is 10.7. The van der Waals surface area contributed by atoms with E-state index >= 15 is 0 Å². The molecule has 1 atom stereocenters. The number of alkyl halides is 1. The summed E-state index contributed by atoms with van der Waals surface area (Å²) >= 11 is 2.31. The van der Waals surface area contributed by atoms with Crippen molar-refractivity contribution in [3.05, 3.63) is 88.5 Å². The number of hydrogen-bond acceptors (Lipinski definition) is 3. The zero-order valence-electron chi connectivity index (χ0n) is 12.2. The van der Waals surface area contributed by atoms with Crippen LogP contribution < -0.4 is 4.74 Å². The third kappa shape index (κ3) is 3.44. The zero-order chi connectivity index (χ0) is 16.3. The van der Waals surface area contributed by atoms with Crippen LogP contribution in [0.2, 0.25) is 0 Å². The van der Waals surface area contributed by atoms with E-state index < -0.39 is 8.53 Å². The van der Waals surface area contributed by atoms with Gasteiger partial charge in [0.1, 0.15) is 5.75 Å². The lowest BCUT2D eigenvalue weighted by atomic mass is 9.94. The number of hydrogen-bond donors (Lipinski definition) is 0. The van der Waals surface area contributed by atoms with Crippen LogP contribution in [0.3, 0.4) is 0 Å². The summed E-state index contributed by atoms with van der Waals surface area (Å²) in [5.41, 5.74) is 2.25. The lowest BCUT2D eigenvalue weighted by Crippen LogP contribution is -2.30. The van der Waals surface area contributed by atoms with Gasteiger partial charge in [0.2, 0.25) is 0 Å². The number of non-ortho nitro benzene ring substituents is 1. The summed E-state index contributed by atoms with van der Waals surface area (Å²) in [5.74, 6) is 0.613. The van der Waals surface area contributed by atoms with Crippen LogP contribution in [-0.2, 0) is 0 Å². The van der Waals surface area contributed by atoms with Gasteiger partial charge in [-0.05, 0) is 40.3 Å². The van der Waals surface area contributed by atoms with Crippen LogP contribution >= 0.6 is 22.6 Å². The maximum absolute atomic E-state index is 10.7. The van der Waals surface area contributed by atoms with Crippen LogP contribution in [-0.4, -0.2) is 8.53 Å². The molecule has 2 aromatic carbocycles. The molecule has 3 rings (SSSR count). The van der Waals surface area contributed by atoms with E-state index in [1.54, 1.807) is 12.1 Å². The van der Waals surface area contributed by atoms with Crippen molar-refractivity contribution in [2.75, 3.05) is 0 Å². The Hall–Kier alpha value is -2.15. The number of ether oxygens (including phenoxy) is 1. The van der Waals surface area contributed by atoms with Gasteiger partial charge >= 0.3 is 0 Å². The molecule has 23 heavy (non-hydrogen) atoms. The van der Waals surface area contributed by atoms with E-state index in [1.165, 1.54) is 12.1 Å². The summed E-state index contributed by atoms with van der Waals surface area (Å²) in [6.45, 7) is 0. The molecule has 116 valence electrons. The first kappa shape index (κ1) is 15.7. The van der Waals surface area contributed by atoms with E-state index in [4.69, 9.17) is 4.74 Å². The minimum Gasteiger partial charge on any atom is -0.472 e. The predicted octanol–water partition coefficient (Wildman–Crippen LogP) is 5.15. The van der Waals surface area contributed by atoms with Crippen molar-refractivity contribution in [2.24, 2.45) is 0 Å². The number of nitro groups is 1. The molecule has 0 saturated heterocycles. The molecule has 0 saturated carbocycles. The summed E-state index contributed by atoms with van der Waals surface area (Å²) < 4.78 is 5.65. The topological polar surface area (TPSA) is 52.4 Å². The van der Waals surface area contributed by atoms with Crippen molar-refractivity contribution >= 4 is 33.9 Å². The average Bonchev–Trinajstić information content (AvgIpc) is 2.56. The molecule has 1 aliphatic carbocycles. The van der Waals surface area contributed by atoms with Gasteiger partial charge in [0.25, 0.3) is 5.69 Å². The van der Waals surface area contributed by atoms with Gasteiger partial charge in [-0.1, -0.05) is 48.6 Å². The molecule has 0 bridgehead atoms. The molecule has 0 fully saturated rings. The summed E-state index contributed by atoms with van der Waals surface area (Å²) in [4.78, 5) is 10.3. The second kappa shape index (κ2) is 6.54. The Morgan fingerprint density at radius 1 is 1.09 bits per heavy atom. The van der Waals surface area contributed by atoms with Crippen LogP contribution in [0.25, 0.3) is 5.57 Å². The van der Waals surface area contributed by atoms with Crippen LogP contribution in [0.15, 0.2) is 72.8 Å². The van der Waals surface area contributed by atoms with Crippen molar-refractivity contribution in [1.82, 2.24) is 0 Å². The molecule has 2 aromatic rings. The molecule has 0 amide bonds. The van der Waals surface area contributed by atoms with Crippen molar-refractivity contribution in [1.29, 1.82) is 0 Å². The molecule has 0 radical (unpaired) electrons. The van der Waals surface area contributed by atoms with Gasteiger partial charge in [-0.3, -0.25) is 10.1 Å². The average molecular weight is 419 g/mol. The Bertz CT molecular complexity index is 769. The fourth-order valence-corrected chi connectivity index (χ4v) is 3.47. The standard InChI is InChI=1S/C18H14INO3/c19-18(23-16-11-9-15(10-12-16)20(21)22)13-5-4-8-17(18)14-6-2-1-3-7-14/h1-12H,13H2. The first-order valence-electron chi connectivity index (χ1n) is 7.14. The molecular formula is C18H14INO3. The summed E-state index contributed by atoms with van der Waals surface area (Å²) in [6.07, 6.45) is 6.87. The van der Waals surface area contributed by atoms with Crippen molar-refractivity contribution < 1.29 is 9.66 Å². The fraction of sp³-hybridized carbons (Fsp3) is 0.111. The number of nitrogens with zero attached hydrogens (tertiary/aromatic N) is 1. The highest BCUT2D eigenvalue weighted by atomic mass is 127. The highest BCUT2D eigenvalue weighted by molar-refractivity contribution is 14.1. The van der Waals surface area contributed by atoms with Gasteiger partial charge in [0, 0.05) is 24.1 Å². The van der Waals surface area contributed by atoms with E-state index in [2.05, 4.69) is 46.9 Å². The lowest BCUT2D eigenvalue weighted by Gasteiger charge is -2.32. The Balaban J connectivity index is 1.89. The van der Waals surface area contributed by atoms with Crippen LogP contribution in [0, 0.1) is 10.1 Å². The van der Waals surface area contributed by atoms with Gasteiger partial charge in [-0.2, -0.15) is 0 Å². The van der Waals surface area contributed by atoms with Gasteiger partial charge in [0.05, 0.1) is 4.92 Å². The van der Waals surface area contributed by atoms with Crippen molar-refractivity contribution in [3.8, 4) is 5.75 Å². The minimum atomic E-state index is -0.538. The molecule has 0 heterocycles. The molecule has 5 heteroatoms. The zero-order valence-corrected chi connectivity index (χ0v) is 14.3. The van der Waals surface area contributed by atoms with Crippen molar-refractivity contribution in [2.45, 2.75) is 10.0 Å². The van der Waals surface area contributed by atoms with E-state index in [0.717, 1.165) is 17.6 Å². The van der Waals surface area contributed by atoms with Gasteiger partial charge < -0.3 is 4.74 Å². The molecule has 0 N–H and O–H groups in total. The number of halogens is 1. The first-order chi connectivity index (χ1) is 11.1.